The maximum Gasteiger partial charge on any atom is 0.0406 e. The molecule has 1 heterocycles. The van der Waals surface area contributed by atoms with Gasteiger partial charge in [0.15, 0.2) is 0 Å². The van der Waals surface area contributed by atoms with Crippen molar-refractivity contribution in [3.8, 4) is 0 Å². The molecule has 20 heavy (non-hydrogen) atoms. The Morgan fingerprint density at radius 2 is 1.70 bits per heavy atom. The summed E-state index contributed by atoms with van der Waals surface area (Å²) < 4.78 is 0. The molecular weight excluding hydrogens is 268 g/mol. The van der Waals surface area contributed by atoms with Crippen LogP contribution < -0.4 is 5.73 Å². The second-order valence-corrected chi connectivity index (χ2v) is 6.93. The molecule has 3 rings (SSSR count). The van der Waals surface area contributed by atoms with Crippen LogP contribution in [0.4, 0.5) is 0 Å². The molecule has 0 bridgehead atoms. The summed E-state index contributed by atoms with van der Waals surface area (Å²) in [5.74, 6) is 0.568. The average molecular weight is 293 g/mol. The number of hydrogen-bond acceptors (Lipinski definition) is 2. The zero-order valence-electron chi connectivity index (χ0n) is 12.1. The predicted molar refractivity (Wildman–Crippen MR) is 85.2 cm³/mol. The molecule has 2 unspecified atom stereocenters. The van der Waals surface area contributed by atoms with E-state index in [2.05, 4.69) is 17.0 Å². The summed E-state index contributed by atoms with van der Waals surface area (Å²) in [5.41, 5.74) is 7.72. The number of hydrogen-bond donors (Lipinski definition) is 1. The molecule has 0 amide bonds. The van der Waals surface area contributed by atoms with E-state index in [0.717, 1.165) is 24.0 Å². The fraction of sp³-hybridized carbons (Fsp3) is 0.647. The lowest BCUT2D eigenvalue weighted by atomic mass is 9.85. The number of nitrogens with two attached hydrogens (primary N) is 1. The van der Waals surface area contributed by atoms with Gasteiger partial charge in [0.25, 0.3) is 0 Å². The van der Waals surface area contributed by atoms with Gasteiger partial charge in [0.2, 0.25) is 0 Å². The van der Waals surface area contributed by atoms with Gasteiger partial charge < -0.3 is 5.73 Å². The van der Waals surface area contributed by atoms with Crippen molar-refractivity contribution in [2.45, 2.75) is 56.5 Å². The van der Waals surface area contributed by atoms with Crippen LogP contribution in [-0.2, 0) is 0 Å². The number of piperidine rings is 1. The van der Waals surface area contributed by atoms with E-state index >= 15 is 0 Å². The van der Waals surface area contributed by atoms with Gasteiger partial charge in [-0.05, 0) is 42.9 Å². The van der Waals surface area contributed by atoms with Gasteiger partial charge >= 0.3 is 0 Å². The molecule has 0 aromatic heterocycles. The first-order chi connectivity index (χ1) is 9.72. The number of benzene rings is 1. The van der Waals surface area contributed by atoms with Crippen LogP contribution in [0.1, 0.15) is 50.0 Å². The first-order valence-corrected chi connectivity index (χ1v) is 8.35. The minimum absolute atomic E-state index is 0.311. The monoisotopic (exact) mass is 292 g/mol. The second-order valence-electron chi connectivity index (χ2n) is 6.49. The third-order valence-corrected chi connectivity index (χ3v) is 5.20. The SMILES string of the molecule is NC1CC(c2ccc(Cl)cc2)CN(C2CCCCC2)C1. The molecule has 1 aromatic rings. The van der Waals surface area contributed by atoms with E-state index < -0.39 is 0 Å². The minimum Gasteiger partial charge on any atom is -0.327 e. The van der Waals surface area contributed by atoms with Crippen molar-refractivity contribution in [1.29, 1.82) is 0 Å². The van der Waals surface area contributed by atoms with Crippen LogP contribution in [0.5, 0.6) is 0 Å². The number of nitrogens with zero attached hydrogens (tertiary/aromatic N) is 1. The summed E-state index contributed by atoms with van der Waals surface area (Å²) in [7, 11) is 0. The summed E-state index contributed by atoms with van der Waals surface area (Å²) in [6.45, 7) is 2.24. The van der Waals surface area contributed by atoms with Crippen molar-refractivity contribution >= 4 is 11.6 Å². The maximum atomic E-state index is 6.32. The molecule has 0 spiro atoms. The van der Waals surface area contributed by atoms with Crippen molar-refractivity contribution in [2.75, 3.05) is 13.1 Å². The Kier molecular flexibility index (Phi) is 4.65. The molecule has 3 heteroatoms. The third-order valence-electron chi connectivity index (χ3n) is 4.94. The van der Waals surface area contributed by atoms with Gasteiger partial charge in [-0.25, -0.2) is 0 Å². The standard InChI is InChI=1S/C17H25ClN2/c18-15-8-6-13(7-9-15)14-10-16(19)12-20(11-14)17-4-2-1-3-5-17/h6-9,14,16-17H,1-5,10-12,19H2. The quantitative estimate of drug-likeness (QED) is 0.898. The molecule has 1 aliphatic carbocycles. The van der Waals surface area contributed by atoms with Crippen LogP contribution in [0.15, 0.2) is 24.3 Å². The van der Waals surface area contributed by atoms with Gasteiger partial charge in [0, 0.05) is 30.2 Å². The van der Waals surface area contributed by atoms with E-state index in [0.29, 0.717) is 12.0 Å². The molecule has 1 saturated carbocycles. The number of likely N-dealkylation sites (tertiary alicyclic amines) is 1. The summed E-state index contributed by atoms with van der Waals surface area (Å²) in [6.07, 6.45) is 8.02. The second kappa shape index (κ2) is 6.46. The molecule has 2 N–H and O–H groups in total. The van der Waals surface area contributed by atoms with E-state index in [-0.39, 0.29) is 0 Å². The van der Waals surface area contributed by atoms with E-state index in [1.54, 1.807) is 0 Å². The van der Waals surface area contributed by atoms with E-state index in [1.165, 1.54) is 44.2 Å². The van der Waals surface area contributed by atoms with Crippen LogP contribution in [0.3, 0.4) is 0 Å². The van der Waals surface area contributed by atoms with Crippen LogP contribution in [0.2, 0.25) is 5.02 Å². The minimum atomic E-state index is 0.311. The van der Waals surface area contributed by atoms with Crippen molar-refractivity contribution in [2.24, 2.45) is 5.73 Å². The molecule has 2 atom stereocenters. The highest BCUT2D eigenvalue weighted by Crippen LogP contribution is 2.31. The van der Waals surface area contributed by atoms with Gasteiger partial charge in [-0.3, -0.25) is 4.90 Å². The zero-order chi connectivity index (χ0) is 13.9. The Morgan fingerprint density at radius 1 is 1.00 bits per heavy atom. The lowest BCUT2D eigenvalue weighted by Crippen LogP contribution is -2.50. The Labute approximate surface area is 127 Å². The number of halogens is 1. The fourth-order valence-corrected chi connectivity index (χ4v) is 4.02. The highest BCUT2D eigenvalue weighted by Gasteiger charge is 2.30. The summed E-state index contributed by atoms with van der Waals surface area (Å²) >= 11 is 5.99. The first-order valence-electron chi connectivity index (χ1n) is 7.97. The zero-order valence-corrected chi connectivity index (χ0v) is 12.9. The van der Waals surface area contributed by atoms with Gasteiger partial charge in [-0.2, -0.15) is 0 Å². The molecule has 2 nitrogen and oxygen atoms in total. The summed E-state index contributed by atoms with van der Waals surface area (Å²) in [5, 5.41) is 0.818. The van der Waals surface area contributed by atoms with Crippen LogP contribution >= 0.6 is 11.6 Å². The lowest BCUT2D eigenvalue weighted by molar-refractivity contribution is 0.107. The largest absolute Gasteiger partial charge is 0.327 e. The van der Waals surface area contributed by atoms with Crippen molar-refractivity contribution < 1.29 is 0 Å². The molecular formula is C17H25ClN2. The molecule has 1 saturated heterocycles. The summed E-state index contributed by atoms with van der Waals surface area (Å²) in [4.78, 5) is 2.66. The Morgan fingerprint density at radius 3 is 2.40 bits per heavy atom. The molecule has 2 aliphatic rings. The molecule has 2 fully saturated rings. The Bertz CT molecular complexity index is 425. The third kappa shape index (κ3) is 3.36. The van der Waals surface area contributed by atoms with Crippen LogP contribution in [-0.4, -0.2) is 30.1 Å². The molecule has 1 aromatic carbocycles. The highest BCUT2D eigenvalue weighted by molar-refractivity contribution is 6.30. The Hall–Kier alpha value is -0.570. The van der Waals surface area contributed by atoms with Gasteiger partial charge in [0.1, 0.15) is 0 Å². The van der Waals surface area contributed by atoms with Crippen LogP contribution in [0.25, 0.3) is 0 Å². The lowest BCUT2D eigenvalue weighted by Gasteiger charge is -2.42. The maximum absolute atomic E-state index is 6.32. The van der Waals surface area contributed by atoms with E-state index in [9.17, 15) is 0 Å². The average Bonchev–Trinajstić information content (AvgIpc) is 2.48. The van der Waals surface area contributed by atoms with Crippen LogP contribution in [0, 0.1) is 0 Å². The van der Waals surface area contributed by atoms with E-state index in [4.69, 9.17) is 17.3 Å². The fourth-order valence-electron chi connectivity index (χ4n) is 3.89. The normalized spacial score (nSPS) is 29.5. The first kappa shape index (κ1) is 14.4. The van der Waals surface area contributed by atoms with Gasteiger partial charge in [0.05, 0.1) is 0 Å². The van der Waals surface area contributed by atoms with Crippen molar-refractivity contribution in [1.82, 2.24) is 4.90 Å². The Balaban J connectivity index is 1.70. The summed E-state index contributed by atoms with van der Waals surface area (Å²) in [6, 6.07) is 9.43. The van der Waals surface area contributed by atoms with Gasteiger partial charge in [-0.15, -0.1) is 0 Å². The molecule has 110 valence electrons. The topological polar surface area (TPSA) is 29.3 Å². The van der Waals surface area contributed by atoms with Crippen molar-refractivity contribution in [3.63, 3.8) is 0 Å². The molecule has 0 radical (unpaired) electrons. The highest BCUT2D eigenvalue weighted by atomic mass is 35.5. The van der Waals surface area contributed by atoms with E-state index in [1.807, 2.05) is 12.1 Å². The van der Waals surface area contributed by atoms with Gasteiger partial charge in [-0.1, -0.05) is 43.0 Å². The smallest absolute Gasteiger partial charge is 0.0406 e. The number of rotatable bonds is 2. The van der Waals surface area contributed by atoms with Crippen molar-refractivity contribution in [3.05, 3.63) is 34.9 Å². The molecule has 1 aliphatic heterocycles. The predicted octanol–water partition coefficient (Wildman–Crippen LogP) is 3.79.